The molecule has 4 bridgehead atoms. The van der Waals surface area contributed by atoms with Gasteiger partial charge < -0.3 is 19.7 Å². The summed E-state index contributed by atoms with van der Waals surface area (Å²) in [5, 5.41) is 3.49. The quantitative estimate of drug-likeness (QED) is 0.728. The van der Waals surface area contributed by atoms with Crippen molar-refractivity contribution >= 4 is 16.9 Å². The van der Waals surface area contributed by atoms with E-state index in [9.17, 15) is 4.79 Å². The standard InChI is InChI=1S/C24H27N5O/c1-27-16-25-20-11-17(7-8-21(20)27)23(30)26-22-18-12-28-9-10-29(13-18)15-24(22,14-28)19-5-3-2-4-6-19/h2-8,11,16,18,22H,9-10,12-15H2,1H3,(H,26,30)/t18?,22-,24?/m1/s1. The lowest BCUT2D eigenvalue weighted by atomic mass is 9.64. The number of rotatable bonds is 3. The van der Waals surface area contributed by atoms with Crippen molar-refractivity contribution in [1.82, 2.24) is 24.7 Å². The van der Waals surface area contributed by atoms with Crippen LogP contribution in [0.15, 0.2) is 54.9 Å². The predicted octanol–water partition coefficient (Wildman–Crippen LogP) is 1.87. The Balaban J connectivity index is 1.37. The smallest absolute Gasteiger partial charge is 0.251 e. The minimum absolute atomic E-state index is 0.0130. The molecule has 4 saturated heterocycles. The number of hydrogen-bond acceptors (Lipinski definition) is 4. The first kappa shape index (κ1) is 18.1. The van der Waals surface area contributed by atoms with Crippen molar-refractivity contribution in [1.29, 1.82) is 0 Å². The fourth-order valence-corrected chi connectivity index (χ4v) is 6.07. The monoisotopic (exact) mass is 401 g/mol. The Hall–Kier alpha value is -2.70. The summed E-state index contributed by atoms with van der Waals surface area (Å²) in [5.74, 6) is 0.455. The highest BCUT2D eigenvalue weighted by Gasteiger charge is 2.55. The molecule has 4 aliphatic rings. The third-order valence-corrected chi connectivity index (χ3v) is 7.42. The van der Waals surface area contributed by atoms with Crippen LogP contribution < -0.4 is 5.32 Å². The van der Waals surface area contributed by atoms with Crippen LogP contribution in [0.4, 0.5) is 0 Å². The molecule has 2 unspecified atom stereocenters. The van der Waals surface area contributed by atoms with Gasteiger partial charge in [-0.2, -0.15) is 0 Å². The largest absolute Gasteiger partial charge is 0.348 e. The van der Waals surface area contributed by atoms with Crippen LogP contribution >= 0.6 is 0 Å². The van der Waals surface area contributed by atoms with Gasteiger partial charge in [0.15, 0.2) is 0 Å². The van der Waals surface area contributed by atoms with Crippen molar-refractivity contribution in [2.45, 2.75) is 11.5 Å². The van der Waals surface area contributed by atoms with Crippen LogP contribution in [0.3, 0.4) is 0 Å². The fraction of sp³-hybridized carbons (Fsp3) is 0.417. The van der Waals surface area contributed by atoms with Gasteiger partial charge in [0.2, 0.25) is 0 Å². The zero-order valence-electron chi connectivity index (χ0n) is 17.3. The number of amides is 1. The number of benzene rings is 2. The molecule has 5 heterocycles. The lowest BCUT2D eigenvalue weighted by Gasteiger charge is -2.55. The number of fused-ring (bicyclic) bond motifs is 2. The molecule has 3 aromatic rings. The van der Waals surface area contributed by atoms with Gasteiger partial charge in [-0.05, 0) is 23.8 Å². The molecule has 2 aromatic carbocycles. The number of carbonyl (C=O) groups excluding carboxylic acids is 1. The molecule has 1 aromatic heterocycles. The van der Waals surface area contributed by atoms with E-state index in [4.69, 9.17) is 0 Å². The van der Waals surface area contributed by atoms with Gasteiger partial charge in [0.05, 0.1) is 17.4 Å². The third kappa shape index (κ3) is 2.71. The minimum atomic E-state index is -0.0658. The highest BCUT2D eigenvalue weighted by atomic mass is 16.1. The summed E-state index contributed by atoms with van der Waals surface area (Å²) >= 11 is 0. The van der Waals surface area contributed by atoms with E-state index < -0.39 is 0 Å². The van der Waals surface area contributed by atoms with E-state index in [1.54, 1.807) is 6.33 Å². The lowest BCUT2D eigenvalue weighted by Crippen LogP contribution is -2.70. The predicted molar refractivity (Wildman–Crippen MR) is 116 cm³/mol. The molecule has 0 spiro atoms. The molecular formula is C24H27N5O. The molecule has 3 atom stereocenters. The molecule has 6 nitrogen and oxygen atoms in total. The van der Waals surface area contributed by atoms with Gasteiger partial charge >= 0.3 is 0 Å². The van der Waals surface area contributed by atoms with Gasteiger partial charge in [-0.1, -0.05) is 30.3 Å². The molecule has 0 aliphatic carbocycles. The number of hydrogen-bond donors (Lipinski definition) is 1. The zero-order chi connectivity index (χ0) is 20.3. The van der Waals surface area contributed by atoms with E-state index in [-0.39, 0.29) is 17.4 Å². The first-order valence-corrected chi connectivity index (χ1v) is 10.8. The van der Waals surface area contributed by atoms with Gasteiger partial charge in [0.25, 0.3) is 5.91 Å². The normalized spacial score (nSPS) is 32.3. The van der Waals surface area contributed by atoms with Crippen molar-refractivity contribution < 1.29 is 4.79 Å². The second kappa shape index (κ2) is 6.65. The Bertz CT molecular complexity index is 1090. The van der Waals surface area contributed by atoms with Gasteiger partial charge in [0.1, 0.15) is 0 Å². The lowest BCUT2D eigenvalue weighted by molar-refractivity contribution is 0.0180. The van der Waals surface area contributed by atoms with Crippen LogP contribution in [0.2, 0.25) is 0 Å². The zero-order valence-corrected chi connectivity index (χ0v) is 17.3. The SMILES string of the molecule is Cn1cnc2cc(C(=O)N[C@@H]3C4CN5CCN(C4)CC3(c3ccccc3)C5)ccc21. The van der Waals surface area contributed by atoms with Crippen LogP contribution in [0, 0.1) is 5.92 Å². The summed E-state index contributed by atoms with van der Waals surface area (Å²) in [6, 6.07) is 16.8. The van der Waals surface area contributed by atoms with E-state index in [0.29, 0.717) is 11.5 Å². The van der Waals surface area contributed by atoms with Gasteiger partial charge in [-0.15, -0.1) is 0 Å². The topological polar surface area (TPSA) is 53.4 Å². The number of carbonyl (C=O) groups is 1. The van der Waals surface area contributed by atoms with Crippen LogP contribution in [0.5, 0.6) is 0 Å². The number of aromatic nitrogens is 2. The van der Waals surface area contributed by atoms with Crippen molar-refractivity contribution in [3.8, 4) is 0 Å². The summed E-state index contributed by atoms with van der Waals surface area (Å²) in [7, 11) is 1.97. The molecule has 154 valence electrons. The molecule has 0 saturated carbocycles. The van der Waals surface area contributed by atoms with Gasteiger partial charge in [-0.3, -0.25) is 4.79 Å². The van der Waals surface area contributed by atoms with Crippen molar-refractivity contribution in [2.75, 3.05) is 39.3 Å². The molecule has 6 heteroatoms. The number of aryl methyl sites for hydroxylation is 1. The van der Waals surface area contributed by atoms with Crippen molar-refractivity contribution in [3.05, 3.63) is 66.0 Å². The maximum absolute atomic E-state index is 13.4. The van der Waals surface area contributed by atoms with Crippen LogP contribution in [0.25, 0.3) is 11.0 Å². The van der Waals surface area contributed by atoms with Gasteiger partial charge in [0, 0.05) is 69.3 Å². The number of piperidine rings is 2. The van der Waals surface area contributed by atoms with Crippen molar-refractivity contribution in [3.63, 3.8) is 0 Å². The van der Waals surface area contributed by atoms with E-state index in [1.807, 2.05) is 29.8 Å². The molecule has 4 fully saturated rings. The number of imidazole rings is 1. The maximum Gasteiger partial charge on any atom is 0.251 e. The molecule has 1 amide bonds. The molecular weight excluding hydrogens is 374 g/mol. The van der Waals surface area contributed by atoms with E-state index in [0.717, 1.165) is 50.3 Å². The maximum atomic E-state index is 13.4. The Morgan fingerprint density at radius 2 is 1.80 bits per heavy atom. The Morgan fingerprint density at radius 3 is 2.53 bits per heavy atom. The summed E-state index contributed by atoms with van der Waals surface area (Å²) in [4.78, 5) is 23.0. The number of nitrogens with zero attached hydrogens (tertiary/aromatic N) is 4. The highest BCUT2D eigenvalue weighted by Crippen LogP contribution is 2.43. The van der Waals surface area contributed by atoms with Crippen molar-refractivity contribution in [2.24, 2.45) is 13.0 Å². The van der Waals surface area contributed by atoms with Crippen LogP contribution in [-0.2, 0) is 12.5 Å². The Labute approximate surface area is 176 Å². The molecule has 30 heavy (non-hydrogen) atoms. The summed E-state index contributed by atoms with van der Waals surface area (Å²) in [6.07, 6.45) is 1.79. The average molecular weight is 402 g/mol. The van der Waals surface area contributed by atoms with E-state index in [2.05, 4.69) is 50.4 Å². The van der Waals surface area contributed by atoms with Crippen LogP contribution in [-0.4, -0.2) is 70.6 Å². The van der Waals surface area contributed by atoms with E-state index in [1.165, 1.54) is 5.56 Å². The Kier molecular flexibility index (Phi) is 4.01. The van der Waals surface area contributed by atoms with Crippen LogP contribution in [0.1, 0.15) is 15.9 Å². The highest BCUT2D eigenvalue weighted by molar-refractivity contribution is 5.97. The number of nitrogens with one attached hydrogen (secondary N) is 1. The van der Waals surface area contributed by atoms with Gasteiger partial charge in [-0.25, -0.2) is 4.98 Å². The first-order chi connectivity index (χ1) is 14.6. The molecule has 7 rings (SSSR count). The second-order valence-electron chi connectivity index (χ2n) is 9.26. The second-order valence-corrected chi connectivity index (χ2v) is 9.26. The Morgan fingerprint density at radius 1 is 1.07 bits per heavy atom. The molecule has 0 radical (unpaired) electrons. The summed E-state index contributed by atoms with van der Waals surface area (Å²) in [6.45, 7) is 6.40. The fourth-order valence-electron chi connectivity index (χ4n) is 6.07. The van der Waals surface area contributed by atoms with E-state index >= 15 is 0 Å². The molecule has 1 N–H and O–H groups in total. The minimum Gasteiger partial charge on any atom is -0.348 e. The first-order valence-electron chi connectivity index (χ1n) is 10.8. The summed E-state index contributed by atoms with van der Waals surface area (Å²) in [5.41, 5.74) is 3.87. The average Bonchev–Trinajstić information content (AvgIpc) is 2.95. The third-order valence-electron chi connectivity index (χ3n) is 7.42. The molecule has 4 aliphatic heterocycles. The summed E-state index contributed by atoms with van der Waals surface area (Å²) < 4.78 is 1.98.